The quantitative estimate of drug-likeness (QED) is 0.123. The molecular weight excluding hydrogens is 728 g/mol. The maximum atomic E-state index is 14.3. The molecule has 1 aliphatic rings. The lowest BCUT2D eigenvalue weighted by Crippen LogP contribution is -2.38. The molecule has 0 amide bonds. The largest absolute Gasteiger partial charge is 0.584 e. The van der Waals surface area contributed by atoms with E-state index in [9.17, 15) is 9.46 Å². The molecule has 6 aromatic carbocycles. The van der Waals surface area contributed by atoms with Gasteiger partial charge in [0.1, 0.15) is 11.5 Å². The fourth-order valence-electron chi connectivity index (χ4n) is 7.78. The van der Waals surface area contributed by atoms with E-state index in [0.717, 1.165) is 55.9 Å². The third-order valence-electron chi connectivity index (χ3n) is 11.7. The summed E-state index contributed by atoms with van der Waals surface area (Å²) >= 11 is 0. The molecule has 0 saturated heterocycles. The van der Waals surface area contributed by atoms with Crippen molar-refractivity contribution in [3.05, 3.63) is 131 Å². The molecule has 1 heterocycles. The molecule has 4 nitrogen and oxygen atoms in total. The van der Waals surface area contributed by atoms with Crippen molar-refractivity contribution in [1.29, 1.82) is 0 Å². The van der Waals surface area contributed by atoms with Crippen LogP contribution in [0.1, 0.15) is 104 Å². The van der Waals surface area contributed by atoms with Crippen molar-refractivity contribution in [2.75, 3.05) is 0 Å². The Kier molecular flexibility index (Phi) is 10.2. The Morgan fingerprint density at radius 1 is 0.527 bits per heavy atom. The summed E-state index contributed by atoms with van der Waals surface area (Å²) in [7, 11) is -4.13. The minimum atomic E-state index is -4.64. The molecule has 0 saturated carbocycles. The highest BCUT2D eigenvalue weighted by Crippen LogP contribution is 2.56. The van der Waals surface area contributed by atoms with Gasteiger partial charge in [0, 0.05) is 11.1 Å². The van der Waals surface area contributed by atoms with Crippen LogP contribution in [0.15, 0.2) is 109 Å². The highest BCUT2D eigenvalue weighted by molar-refractivity contribution is 7.48. The average molecular weight is 781 g/mol. The van der Waals surface area contributed by atoms with Gasteiger partial charge in [-0.05, 0) is 87.9 Å². The topological polar surface area (TPSA) is 55.8 Å². The second-order valence-corrected chi connectivity index (χ2v) is 22.7. The highest BCUT2D eigenvalue weighted by Gasteiger charge is 2.40. The van der Waals surface area contributed by atoms with Gasteiger partial charge in [-0.15, -0.1) is 0 Å². The van der Waals surface area contributed by atoms with Crippen molar-refractivity contribution in [2.24, 2.45) is 0 Å². The maximum Gasteiger partial charge on any atom is 0.584 e. The molecule has 282 valence electrons. The lowest BCUT2D eigenvalue weighted by Gasteiger charge is -2.31. The number of hydrogen-bond donors (Lipinski definition) is 1. The van der Waals surface area contributed by atoms with Gasteiger partial charge in [-0.3, -0.25) is 4.89 Å². The molecule has 0 fully saturated rings. The minimum Gasteiger partial charge on any atom is -0.395 e. The number of phosphoric ester groups is 1. The zero-order chi connectivity index (χ0) is 39.6. The Morgan fingerprint density at radius 3 is 1.18 bits per heavy atom. The molecule has 4 radical (unpaired) electrons. The van der Waals surface area contributed by atoms with Crippen molar-refractivity contribution in [2.45, 2.75) is 103 Å². The molecule has 2 unspecified atom stereocenters. The van der Waals surface area contributed by atoms with Gasteiger partial charge in [0.15, 0.2) is 0 Å². The Hall–Kier alpha value is -3.94. The lowest BCUT2D eigenvalue weighted by atomic mass is 9.85. The van der Waals surface area contributed by atoms with Gasteiger partial charge in [0.05, 0.1) is 19.0 Å². The smallest absolute Gasteiger partial charge is 0.395 e. The molecule has 7 rings (SSSR count). The van der Waals surface area contributed by atoms with Crippen LogP contribution < -0.4 is 19.4 Å². The Morgan fingerprint density at radius 2 is 0.855 bits per heavy atom. The van der Waals surface area contributed by atoms with Crippen LogP contribution in [0, 0.1) is 0 Å². The first-order valence-corrected chi connectivity index (χ1v) is 23.0. The number of rotatable bonds is 8. The van der Waals surface area contributed by atoms with Gasteiger partial charge in [-0.2, -0.15) is 0 Å². The van der Waals surface area contributed by atoms with Crippen molar-refractivity contribution in [3.63, 3.8) is 0 Å². The fraction of sp³-hybridized carbons (Fsp3) is 0.333. The van der Waals surface area contributed by atoms with Crippen LogP contribution in [0.25, 0.3) is 32.7 Å². The van der Waals surface area contributed by atoms with Crippen LogP contribution in [0.2, 0.25) is 0 Å². The second kappa shape index (κ2) is 14.2. The normalized spacial score (nSPS) is 18.0. The first kappa shape index (κ1) is 39.3. The molecule has 2 atom stereocenters. The predicted molar refractivity (Wildman–Crippen MR) is 234 cm³/mol. The first-order chi connectivity index (χ1) is 25.9. The molecule has 0 spiro atoms. The van der Waals surface area contributed by atoms with Crippen molar-refractivity contribution < 1.29 is 18.5 Å². The van der Waals surface area contributed by atoms with Crippen LogP contribution in [0.4, 0.5) is 0 Å². The number of hydrogen-bond acceptors (Lipinski definition) is 3. The van der Waals surface area contributed by atoms with E-state index in [-0.39, 0.29) is 39.9 Å². The first-order valence-electron chi connectivity index (χ1n) is 19.5. The third kappa shape index (κ3) is 7.51. The molecule has 55 heavy (non-hydrogen) atoms. The fourth-order valence-corrected chi connectivity index (χ4v) is 12.0. The Labute approximate surface area is 333 Å². The van der Waals surface area contributed by atoms with Gasteiger partial charge in [-0.1, -0.05) is 178 Å². The highest BCUT2D eigenvalue weighted by atomic mass is 31.2. The molecule has 0 aromatic heterocycles. The van der Waals surface area contributed by atoms with Crippen LogP contribution >= 0.6 is 7.82 Å². The summed E-state index contributed by atoms with van der Waals surface area (Å²) in [6.45, 7) is 22.5. The monoisotopic (exact) mass is 780 g/mol. The zero-order valence-electron chi connectivity index (χ0n) is 33.9. The summed E-state index contributed by atoms with van der Waals surface area (Å²) < 4.78 is 27.0. The minimum absolute atomic E-state index is 0.0519. The molecule has 0 aliphatic carbocycles. The maximum absolute atomic E-state index is 14.3. The van der Waals surface area contributed by atoms with Crippen molar-refractivity contribution in [1.82, 2.24) is 0 Å². The van der Waals surface area contributed by atoms with Gasteiger partial charge >= 0.3 is 7.82 Å². The number of benzene rings is 6. The summed E-state index contributed by atoms with van der Waals surface area (Å²) in [4.78, 5) is 11.7. The van der Waals surface area contributed by atoms with E-state index in [1.807, 2.05) is 12.1 Å². The van der Waals surface area contributed by atoms with Crippen LogP contribution in [0.3, 0.4) is 0 Å². The summed E-state index contributed by atoms with van der Waals surface area (Å²) in [5, 5.41) is 5.38. The SMILES string of the molecule is CCC(C)([Si]c1cc2ccccc2c2c1OP(=O)(O)Oc1c([Si]C(C)(CC)c3ccc(C(C)(C)C)cc3)cc3ccccc3c1-2)c1ccc(C(C)(C)C)cc1. The van der Waals surface area contributed by atoms with Crippen molar-refractivity contribution in [3.8, 4) is 22.6 Å². The Balaban J connectivity index is 1.46. The predicted octanol–water partition coefficient (Wildman–Crippen LogP) is 11.4. The van der Waals surface area contributed by atoms with E-state index in [1.165, 1.54) is 22.3 Å². The van der Waals surface area contributed by atoms with Crippen LogP contribution in [0.5, 0.6) is 11.5 Å². The molecule has 1 aliphatic heterocycles. The lowest BCUT2D eigenvalue weighted by molar-refractivity contribution is 0.296. The van der Waals surface area contributed by atoms with E-state index in [1.54, 1.807) is 0 Å². The van der Waals surface area contributed by atoms with Crippen molar-refractivity contribution >= 4 is 58.8 Å². The summed E-state index contributed by atoms with van der Waals surface area (Å²) in [5.74, 6) is 0.878. The zero-order valence-corrected chi connectivity index (χ0v) is 36.8. The van der Waals surface area contributed by atoms with Gasteiger partial charge in [0.2, 0.25) is 0 Å². The van der Waals surface area contributed by atoms with Crippen LogP contribution in [-0.2, 0) is 25.5 Å². The van der Waals surface area contributed by atoms with Gasteiger partial charge in [0.25, 0.3) is 0 Å². The van der Waals surface area contributed by atoms with Gasteiger partial charge in [-0.25, -0.2) is 4.57 Å². The average Bonchev–Trinajstić information content (AvgIpc) is 3.28. The third-order valence-corrected chi connectivity index (χ3v) is 16.2. The Bertz CT molecular complexity index is 2270. The summed E-state index contributed by atoms with van der Waals surface area (Å²) in [6, 6.07) is 39.0. The van der Waals surface area contributed by atoms with E-state index in [2.05, 4.69) is 166 Å². The van der Waals surface area contributed by atoms with E-state index >= 15 is 0 Å². The second-order valence-electron chi connectivity index (χ2n) is 17.6. The molecule has 1 N–H and O–H groups in total. The van der Waals surface area contributed by atoms with E-state index < -0.39 is 7.82 Å². The van der Waals surface area contributed by atoms with Crippen LogP contribution in [-0.4, -0.2) is 23.9 Å². The van der Waals surface area contributed by atoms with E-state index in [0.29, 0.717) is 11.5 Å². The number of phosphoric acid groups is 1. The standard InChI is InChI=1S/C48H53O4PSi2/c1-11-47(9,35-25-21-33(22-26-35)45(3,4)5)54-39-29-31-17-13-15-19-37(31)41-42-38-20-16-14-18-32(38)30-40(44(42)52-53(49,50)51-43(39)41)55-48(10,12-2)36-27-23-34(24-28-36)46(6,7)8/h13-30H,11-12H2,1-10H3,(H,49,50). The summed E-state index contributed by atoms with van der Waals surface area (Å²) in [5.41, 5.74) is 6.81. The molecular formula is C48H53O4PSi2. The van der Waals surface area contributed by atoms with Gasteiger partial charge < -0.3 is 9.05 Å². The number of fused-ring (bicyclic) bond motifs is 7. The summed E-state index contributed by atoms with van der Waals surface area (Å²) in [6.07, 6.45) is 1.76. The van der Waals surface area contributed by atoms with E-state index in [4.69, 9.17) is 9.05 Å². The molecule has 6 aromatic rings. The molecule has 0 bridgehead atoms. The molecule has 7 heteroatoms.